The van der Waals surface area contributed by atoms with E-state index in [0.29, 0.717) is 6.54 Å². The lowest BCUT2D eigenvalue weighted by atomic mass is 10.1. The van der Waals surface area contributed by atoms with Gasteiger partial charge in [-0.15, -0.1) is 0 Å². The van der Waals surface area contributed by atoms with E-state index in [1.807, 2.05) is 24.0 Å². The predicted molar refractivity (Wildman–Crippen MR) is 67.6 cm³/mol. The van der Waals surface area contributed by atoms with Gasteiger partial charge in [0.15, 0.2) is 0 Å². The zero-order chi connectivity index (χ0) is 12.3. The Morgan fingerprint density at radius 1 is 1.47 bits per heavy atom. The number of hydrogen-bond donors (Lipinski definition) is 1. The molecule has 2 rings (SSSR count). The third-order valence-corrected chi connectivity index (χ3v) is 3.38. The molecule has 2 atom stereocenters. The van der Waals surface area contributed by atoms with Crippen LogP contribution >= 0.6 is 0 Å². The van der Waals surface area contributed by atoms with Crippen molar-refractivity contribution < 1.29 is 4.79 Å². The summed E-state index contributed by atoms with van der Waals surface area (Å²) in [4.78, 5) is 18.2. The van der Waals surface area contributed by atoms with Gasteiger partial charge in [-0.2, -0.15) is 0 Å². The summed E-state index contributed by atoms with van der Waals surface area (Å²) >= 11 is 0. The molecule has 0 aliphatic heterocycles. The van der Waals surface area contributed by atoms with Crippen molar-refractivity contribution in [3.8, 4) is 0 Å². The maximum Gasteiger partial charge on any atom is 0.230 e. The molecule has 4 heteroatoms. The van der Waals surface area contributed by atoms with E-state index < -0.39 is 0 Å². The topological polar surface area (TPSA) is 59.2 Å². The Labute approximate surface area is 102 Å². The van der Waals surface area contributed by atoms with E-state index in [-0.39, 0.29) is 17.9 Å². The fourth-order valence-electron chi connectivity index (χ4n) is 2.45. The minimum Gasteiger partial charge on any atom is -0.328 e. The number of amides is 1. The van der Waals surface area contributed by atoms with Crippen LogP contribution in [0.4, 0.5) is 5.69 Å². The van der Waals surface area contributed by atoms with Crippen molar-refractivity contribution in [2.45, 2.75) is 32.2 Å². The molecule has 17 heavy (non-hydrogen) atoms. The molecule has 0 bridgehead atoms. The van der Waals surface area contributed by atoms with Gasteiger partial charge in [-0.1, -0.05) is 0 Å². The van der Waals surface area contributed by atoms with Gasteiger partial charge >= 0.3 is 0 Å². The van der Waals surface area contributed by atoms with Crippen molar-refractivity contribution in [3.63, 3.8) is 0 Å². The summed E-state index contributed by atoms with van der Waals surface area (Å²) < 4.78 is 0. The minimum atomic E-state index is 0.0955. The third-order valence-electron chi connectivity index (χ3n) is 3.38. The van der Waals surface area contributed by atoms with Crippen molar-refractivity contribution in [2.75, 3.05) is 11.4 Å². The largest absolute Gasteiger partial charge is 0.328 e. The molecule has 1 fully saturated rings. The van der Waals surface area contributed by atoms with E-state index in [1.165, 1.54) is 0 Å². The van der Waals surface area contributed by atoms with Crippen molar-refractivity contribution in [3.05, 3.63) is 24.5 Å². The van der Waals surface area contributed by atoms with Gasteiger partial charge in [0.05, 0.1) is 0 Å². The van der Waals surface area contributed by atoms with E-state index in [0.717, 1.165) is 24.9 Å². The molecule has 1 aromatic rings. The summed E-state index contributed by atoms with van der Waals surface area (Å²) in [6.07, 6.45) is 6.13. The summed E-state index contributed by atoms with van der Waals surface area (Å²) in [6.45, 7) is 2.68. The number of aromatic nitrogens is 1. The van der Waals surface area contributed by atoms with Crippen molar-refractivity contribution >= 4 is 11.6 Å². The van der Waals surface area contributed by atoms with Crippen LogP contribution in [0.25, 0.3) is 0 Å². The zero-order valence-corrected chi connectivity index (χ0v) is 10.2. The van der Waals surface area contributed by atoms with Crippen LogP contribution in [0.5, 0.6) is 0 Å². The SMILES string of the molecule is CCN(C(=O)C1CCC(N)C1)c1ccncc1. The standard InChI is InChI=1S/C13H19N3O/c1-2-16(12-5-7-15-8-6-12)13(17)10-3-4-11(14)9-10/h5-8,10-11H,2-4,9,14H2,1H3. The molecule has 2 N–H and O–H groups in total. The van der Waals surface area contributed by atoms with Crippen molar-refractivity contribution in [2.24, 2.45) is 11.7 Å². The summed E-state index contributed by atoms with van der Waals surface area (Å²) in [5.74, 6) is 0.296. The van der Waals surface area contributed by atoms with E-state index >= 15 is 0 Å². The number of nitrogens with zero attached hydrogens (tertiary/aromatic N) is 2. The second kappa shape index (κ2) is 5.27. The Kier molecular flexibility index (Phi) is 3.74. The number of carbonyl (C=O) groups excluding carboxylic acids is 1. The zero-order valence-electron chi connectivity index (χ0n) is 10.2. The molecule has 1 saturated carbocycles. The fourth-order valence-corrected chi connectivity index (χ4v) is 2.45. The monoisotopic (exact) mass is 233 g/mol. The van der Waals surface area contributed by atoms with Crippen LogP contribution in [0.3, 0.4) is 0 Å². The molecular formula is C13H19N3O. The highest BCUT2D eigenvalue weighted by Crippen LogP contribution is 2.27. The molecule has 2 unspecified atom stereocenters. The Bertz CT molecular complexity index is 380. The van der Waals surface area contributed by atoms with Crippen molar-refractivity contribution in [1.82, 2.24) is 4.98 Å². The van der Waals surface area contributed by atoms with Crippen LogP contribution in [0.15, 0.2) is 24.5 Å². The van der Waals surface area contributed by atoms with Crippen LogP contribution < -0.4 is 10.6 Å². The second-order valence-electron chi connectivity index (χ2n) is 4.56. The number of carbonyl (C=O) groups is 1. The maximum absolute atomic E-state index is 12.4. The number of nitrogens with two attached hydrogens (primary N) is 1. The van der Waals surface area contributed by atoms with Crippen LogP contribution in [-0.2, 0) is 4.79 Å². The van der Waals surface area contributed by atoms with Crippen LogP contribution in [-0.4, -0.2) is 23.5 Å². The van der Waals surface area contributed by atoms with Gasteiger partial charge < -0.3 is 10.6 Å². The smallest absolute Gasteiger partial charge is 0.230 e. The Hall–Kier alpha value is -1.42. The number of anilines is 1. The van der Waals surface area contributed by atoms with E-state index in [4.69, 9.17) is 5.73 Å². The molecule has 92 valence electrons. The van der Waals surface area contributed by atoms with Crippen LogP contribution in [0.2, 0.25) is 0 Å². The summed E-state index contributed by atoms with van der Waals surface area (Å²) in [6, 6.07) is 3.94. The highest BCUT2D eigenvalue weighted by Gasteiger charge is 2.30. The number of rotatable bonds is 3. The molecule has 0 aromatic carbocycles. The molecule has 1 aliphatic carbocycles. The first kappa shape index (κ1) is 12.0. The van der Waals surface area contributed by atoms with Gasteiger partial charge in [-0.05, 0) is 38.3 Å². The third kappa shape index (κ3) is 2.64. The van der Waals surface area contributed by atoms with E-state index in [1.54, 1.807) is 12.4 Å². The lowest BCUT2D eigenvalue weighted by Crippen LogP contribution is -2.35. The van der Waals surface area contributed by atoms with Crippen LogP contribution in [0, 0.1) is 5.92 Å². The Morgan fingerprint density at radius 3 is 2.71 bits per heavy atom. The molecule has 1 amide bonds. The molecule has 4 nitrogen and oxygen atoms in total. The molecule has 1 heterocycles. The summed E-state index contributed by atoms with van der Waals surface area (Å²) in [5, 5.41) is 0. The summed E-state index contributed by atoms with van der Waals surface area (Å²) in [5.41, 5.74) is 6.79. The minimum absolute atomic E-state index is 0.0955. The van der Waals surface area contributed by atoms with Crippen molar-refractivity contribution in [1.29, 1.82) is 0 Å². The first-order chi connectivity index (χ1) is 8.22. The Balaban J connectivity index is 2.11. The molecule has 0 radical (unpaired) electrons. The lowest BCUT2D eigenvalue weighted by Gasteiger charge is -2.24. The van der Waals surface area contributed by atoms with Gasteiger partial charge in [-0.25, -0.2) is 0 Å². The molecule has 1 aliphatic rings. The van der Waals surface area contributed by atoms with Gasteiger partial charge in [-0.3, -0.25) is 9.78 Å². The average Bonchev–Trinajstić information content (AvgIpc) is 2.78. The number of pyridine rings is 1. The highest BCUT2D eigenvalue weighted by molar-refractivity contribution is 5.95. The number of hydrogen-bond acceptors (Lipinski definition) is 3. The van der Waals surface area contributed by atoms with Gasteiger partial charge in [0.1, 0.15) is 0 Å². The molecular weight excluding hydrogens is 214 g/mol. The first-order valence-electron chi connectivity index (χ1n) is 6.19. The normalized spacial score (nSPS) is 23.6. The highest BCUT2D eigenvalue weighted by atomic mass is 16.2. The quantitative estimate of drug-likeness (QED) is 0.862. The first-order valence-corrected chi connectivity index (χ1v) is 6.19. The fraction of sp³-hybridized carbons (Fsp3) is 0.538. The van der Waals surface area contributed by atoms with Gasteiger partial charge in [0.25, 0.3) is 0 Å². The lowest BCUT2D eigenvalue weighted by molar-refractivity contribution is -0.122. The van der Waals surface area contributed by atoms with Gasteiger partial charge in [0.2, 0.25) is 5.91 Å². The summed E-state index contributed by atoms with van der Waals surface area (Å²) in [7, 11) is 0. The van der Waals surface area contributed by atoms with Gasteiger partial charge in [0, 0.05) is 36.6 Å². The van der Waals surface area contributed by atoms with E-state index in [9.17, 15) is 4.79 Å². The second-order valence-corrected chi connectivity index (χ2v) is 4.56. The Morgan fingerprint density at radius 2 is 2.18 bits per heavy atom. The predicted octanol–water partition coefficient (Wildman–Crippen LogP) is 1.56. The molecule has 0 saturated heterocycles. The molecule has 0 spiro atoms. The average molecular weight is 233 g/mol. The maximum atomic E-state index is 12.4. The van der Waals surface area contributed by atoms with E-state index in [2.05, 4.69) is 4.98 Å². The van der Waals surface area contributed by atoms with Crippen LogP contribution in [0.1, 0.15) is 26.2 Å². The molecule has 1 aromatic heterocycles.